The lowest BCUT2D eigenvalue weighted by atomic mass is 10.1. The van der Waals surface area contributed by atoms with Crippen molar-refractivity contribution in [2.24, 2.45) is 0 Å². The zero-order chi connectivity index (χ0) is 14.0. The Bertz CT molecular complexity index is 643. The third-order valence-corrected chi connectivity index (χ3v) is 3.91. The minimum atomic E-state index is -0.260. The number of hydrogen-bond acceptors (Lipinski definition) is 2. The summed E-state index contributed by atoms with van der Waals surface area (Å²) in [5.74, 6) is -0.260. The van der Waals surface area contributed by atoms with Crippen LogP contribution in [0.2, 0.25) is 5.02 Å². The van der Waals surface area contributed by atoms with E-state index in [0.29, 0.717) is 26.4 Å². The lowest BCUT2D eigenvalue weighted by Crippen LogP contribution is -2.15. The molecule has 0 spiro atoms. The van der Waals surface area contributed by atoms with Crippen molar-refractivity contribution < 1.29 is 4.79 Å². The molecule has 3 N–H and O–H groups in total. The molecule has 98 valence electrons. The first-order valence-electron chi connectivity index (χ1n) is 5.61. The lowest BCUT2D eigenvalue weighted by molar-refractivity contribution is 0.102. The molecular formula is C14H12BrClN2O. The van der Waals surface area contributed by atoms with E-state index in [1.54, 1.807) is 36.4 Å². The number of carbonyl (C=O) groups excluding carboxylic acids is 1. The van der Waals surface area contributed by atoms with Gasteiger partial charge in [0, 0.05) is 15.2 Å². The summed E-state index contributed by atoms with van der Waals surface area (Å²) in [5.41, 5.74) is 8.22. The van der Waals surface area contributed by atoms with Gasteiger partial charge in [-0.3, -0.25) is 4.79 Å². The van der Waals surface area contributed by atoms with E-state index in [4.69, 9.17) is 17.3 Å². The van der Waals surface area contributed by atoms with Crippen LogP contribution in [0.25, 0.3) is 0 Å². The average Bonchev–Trinajstić information content (AvgIpc) is 2.38. The molecule has 2 aromatic carbocycles. The van der Waals surface area contributed by atoms with Gasteiger partial charge in [-0.2, -0.15) is 0 Å². The van der Waals surface area contributed by atoms with Crippen LogP contribution >= 0.6 is 27.5 Å². The second kappa shape index (κ2) is 5.63. The summed E-state index contributed by atoms with van der Waals surface area (Å²) in [4.78, 5) is 12.2. The number of anilines is 2. The highest BCUT2D eigenvalue weighted by Gasteiger charge is 2.13. The van der Waals surface area contributed by atoms with Crippen LogP contribution in [0.3, 0.4) is 0 Å². The Morgan fingerprint density at radius 1 is 1.26 bits per heavy atom. The van der Waals surface area contributed by atoms with Crippen molar-refractivity contribution in [2.75, 3.05) is 11.1 Å². The van der Waals surface area contributed by atoms with Gasteiger partial charge in [-0.25, -0.2) is 0 Å². The smallest absolute Gasteiger partial charge is 0.257 e. The fourth-order valence-electron chi connectivity index (χ4n) is 1.67. The fourth-order valence-corrected chi connectivity index (χ4v) is 2.21. The van der Waals surface area contributed by atoms with E-state index in [1.807, 2.05) is 6.92 Å². The van der Waals surface area contributed by atoms with E-state index in [1.165, 1.54) is 0 Å². The molecule has 5 heteroatoms. The summed E-state index contributed by atoms with van der Waals surface area (Å²) in [6.07, 6.45) is 0. The zero-order valence-electron chi connectivity index (χ0n) is 10.2. The van der Waals surface area contributed by atoms with Gasteiger partial charge in [0.1, 0.15) is 0 Å². The highest BCUT2D eigenvalue weighted by molar-refractivity contribution is 9.10. The molecule has 0 fully saturated rings. The minimum Gasteiger partial charge on any atom is -0.397 e. The molecule has 0 unspecified atom stereocenters. The number of nitrogens with one attached hydrogen (secondary N) is 1. The zero-order valence-corrected chi connectivity index (χ0v) is 12.5. The Balaban J connectivity index is 2.31. The predicted molar refractivity (Wildman–Crippen MR) is 82.7 cm³/mol. The van der Waals surface area contributed by atoms with Crippen LogP contribution < -0.4 is 11.1 Å². The third kappa shape index (κ3) is 2.91. The van der Waals surface area contributed by atoms with Crippen LogP contribution in [0.5, 0.6) is 0 Å². The molecule has 0 aromatic heterocycles. The van der Waals surface area contributed by atoms with Gasteiger partial charge >= 0.3 is 0 Å². The molecular weight excluding hydrogens is 328 g/mol. The highest BCUT2D eigenvalue weighted by atomic mass is 79.9. The van der Waals surface area contributed by atoms with Gasteiger partial charge in [0.2, 0.25) is 0 Å². The van der Waals surface area contributed by atoms with E-state index in [9.17, 15) is 4.79 Å². The molecule has 0 aliphatic heterocycles. The van der Waals surface area contributed by atoms with Gasteiger partial charge in [0.05, 0.1) is 11.3 Å². The third-order valence-electron chi connectivity index (χ3n) is 2.81. The van der Waals surface area contributed by atoms with Crippen LogP contribution in [0.1, 0.15) is 15.9 Å². The largest absolute Gasteiger partial charge is 0.397 e. The maximum Gasteiger partial charge on any atom is 0.257 e. The second-order valence-corrected chi connectivity index (χ2v) is 5.33. The van der Waals surface area contributed by atoms with Crippen molar-refractivity contribution in [3.63, 3.8) is 0 Å². The maximum absolute atomic E-state index is 12.2. The molecule has 0 bridgehead atoms. The van der Waals surface area contributed by atoms with Crippen LogP contribution in [0.4, 0.5) is 11.4 Å². The van der Waals surface area contributed by atoms with Crippen molar-refractivity contribution in [1.82, 2.24) is 0 Å². The molecule has 2 rings (SSSR count). The summed E-state index contributed by atoms with van der Waals surface area (Å²) in [7, 11) is 0. The minimum absolute atomic E-state index is 0.260. The summed E-state index contributed by atoms with van der Waals surface area (Å²) >= 11 is 9.32. The predicted octanol–water partition coefficient (Wildman–Crippen LogP) is 4.25. The second-order valence-electron chi connectivity index (χ2n) is 4.07. The molecule has 3 nitrogen and oxygen atoms in total. The summed E-state index contributed by atoms with van der Waals surface area (Å²) in [6.45, 7) is 1.85. The van der Waals surface area contributed by atoms with E-state index >= 15 is 0 Å². The van der Waals surface area contributed by atoms with Crippen molar-refractivity contribution >= 4 is 44.8 Å². The molecule has 0 radical (unpaired) electrons. The molecule has 1 amide bonds. The summed E-state index contributed by atoms with van der Waals surface area (Å²) < 4.78 is 0.697. The van der Waals surface area contributed by atoms with Crippen molar-refractivity contribution in [3.05, 3.63) is 57.0 Å². The maximum atomic E-state index is 12.2. The standard InChI is InChI=1S/C14H12BrClN2O/c1-8-11(16)6-3-7-12(8)18-14(19)9-4-2-5-10(15)13(9)17/h2-7H,17H2,1H3,(H,18,19). The SMILES string of the molecule is Cc1c(Cl)cccc1NC(=O)c1cccc(Br)c1N. The van der Waals surface area contributed by atoms with Gasteiger partial charge in [0.25, 0.3) is 5.91 Å². The van der Waals surface area contributed by atoms with Crippen molar-refractivity contribution in [2.45, 2.75) is 6.92 Å². The Morgan fingerprint density at radius 3 is 2.68 bits per heavy atom. The van der Waals surface area contributed by atoms with Gasteiger partial charge in [-0.05, 0) is 52.7 Å². The first-order valence-corrected chi connectivity index (χ1v) is 6.78. The molecule has 0 aliphatic rings. The van der Waals surface area contributed by atoms with Crippen LogP contribution in [-0.4, -0.2) is 5.91 Å². The Kier molecular flexibility index (Phi) is 4.12. The number of rotatable bonds is 2. The number of para-hydroxylation sites is 1. The quantitative estimate of drug-likeness (QED) is 0.804. The molecule has 0 saturated carbocycles. The average molecular weight is 340 g/mol. The number of benzene rings is 2. The summed E-state index contributed by atoms with van der Waals surface area (Å²) in [6, 6.07) is 10.6. The molecule has 2 aromatic rings. The number of nitrogens with two attached hydrogens (primary N) is 1. The fraction of sp³-hybridized carbons (Fsp3) is 0.0714. The van der Waals surface area contributed by atoms with Gasteiger partial charge in [-0.15, -0.1) is 0 Å². The van der Waals surface area contributed by atoms with Crippen LogP contribution in [0.15, 0.2) is 40.9 Å². The first-order chi connectivity index (χ1) is 9.00. The molecule has 0 saturated heterocycles. The molecule has 0 aliphatic carbocycles. The number of nitrogen functional groups attached to an aromatic ring is 1. The number of hydrogen-bond donors (Lipinski definition) is 2. The molecule has 0 heterocycles. The first kappa shape index (κ1) is 13.9. The molecule has 19 heavy (non-hydrogen) atoms. The van der Waals surface area contributed by atoms with Gasteiger partial charge < -0.3 is 11.1 Å². The number of halogens is 2. The van der Waals surface area contributed by atoms with Gasteiger partial charge in [-0.1, -0.05) is 23.7 Å². The van der Waals surface area contributed by atoms with E-state index in [0.717, 1.165) is 5.56 Å². The van der Waals surface area contributed by atoms with Crippen molar-refractivity contribution in [3.8, 4) is 0 Å². The topological polar surface area (TPSA) is 55.1 Å². The normalized spacial score (nSPS) is 10.3. The summed E-state index contributed by atoms with van der Waals surface area (Å²) in [5, 5.41) is 3.42. The number of amides is 1. The van der Waals surface area contributed by atoms with E-state index < -0.39 is 0 Å². The Morgan fingerprint density at radius 2 is 1.95 bits per heavy atom. The Hall–Kier alpha value is -1.52. The highest BCUT2D eigenvalue weighted by Crippen LogP contribution is 2.26. The van der Waals surface area contributed by atoms with E-state index in [-0.39, 0.29) is 5.91 Å². The van der Waals surface area contributed by atoms with Crippen LogP contribution in [-0.2, 0) is 0 Å². The number of carbonyl (C=O) groups is 1. The van der Waals surface area contributed by atoms with E-state index in [2.05, 4.69) is 21.2 Å². The monoisotopic (exact) mass is 338 g/mol. The Labute approximate surface area is 124 Å². The van der Waals surface area contributed by atoms with Crippen molar-refractivity contribution in [1.29, 1.82) is 0 Å². The molecule has 0 atom stereocenters. The lowest BCUT2D eigenvalue weighted by Gasteiger charge is -2.11. The van der Waals surface area contributed by atoms with Gasteiger partial charge in [0.15, 0.2) is 0 Å². The van der Waals surface area contributed by atoms with Crippen LogP contribution in [0, 0.1) is 6.92 Å².